The smallest absolute Gasteiger partial charge is 0.241 e. The summed E-state index contributed by atoms with van der Waals surface area (Å²) in [5.41, 5.74) is 8.92. The van der Waals surface area contributed by atoms with E-state index in [1.807, 2.05) is 61.5 Å². The molecule has 1 atom stereocenters. The molecular formula is C18H22N2O2. The van der Waals surface area contributed by atoms with Gasteiger partial charge in [0, 0.05) is 13.2 Å². The van der Waals surface area contributed by atoms with Crippen LogP contribution in [0.2, 0.25) is 0 Å². The number of carbonyl (C=O) groups excluding carboxylic acids is 1. The highest BCUT2D eigenvalue weighted by Gasteiger charge is 2.15. The van der Waals surface area contributed by atoms with E-state index in [1.54, 1.807) is 0 Å². The van der Waals surface area contributed by atoms with Crippen molar-refractivity contribution in [2.24, 2.45) is 5.73 Å². The van der Waals surface area contributed by atoms with Gasteiger partial charge in [-0.3, -0.25) is 4.79 Å². The molecule has 22 heavy (non-hydrogen) atoms. The van der Waals surface area contributed by atoms with Crippen molar-refractivity contribution in [2.45, 2.75) is 26.1 Å². The minimum atomic E-state index is -0.653. The summed E-state index contributed by atoms with van der Waals surface area (Å²) in [5.74, 6) is -0.183. The average Bonchev–Trinajstić information content (AvgIpc) is 2.58. The third kappa shape index (κ3) is 4.41. The molecule has 116 valence electrons. The predicted octanol–water partition coefficient (Wildman–Crippen LogP) is 2.54. The summed E-state index contributed by atoms with van der Waals surface area (Å²) in [6.45, 7) is 3.62. The third-order valence-corrected chi connectivity index (χ3v) is 3.47. The number of rotatable bonds is 7. The van der Waals surface area contributed by atoms with Crippen LogP contribution < -0.4 is 11.1 Å². The van der Waals surface area contributed by atoms with Crippen molar-refractivity contribution in [1.82, 2.24) is 5.32 Å². The summed E-state index contributed by atoms with van der Waals surface area (Å²) >= 11 is 0. The van der Waals surface area contributed by atoms with Gasteiger partial charge in [0.05, 0.1) is 6.61 Å². The quantitative estimate of drug-likeness (QED) is 0.825. The van der Waals surface area contributed by atoms with Crippen molar-refractivity contribution in [1.29, 1.82) is 0 Å². The van der Waals surface area contributed by atoms with Gasteiger partial charge in [0.25, 0.3) is 0 Å². The fourth-order valence-electron chi connectivity index (χ4n) is 2.19. The largest absolute Gasteiger partial charge is 0.377 e. The van der Waals surface area contributed by atoms with Gasteiger partial charge in [-0.1, -0.05) is 54.6 Å². The first kappa shape index (κ1) is 16.2. The van der Waals surface area contributed by atoms with Crippen molar-refractivity contribution in [3.05, 3.63) is 71.3 Å². The summed E-state index contributed by atoms with van der Waals surface area (Å²) in [4.78, 5) is 12.2. The Balaban J connectivity index is 1.96. The highest BCUT2D eigenvalue weighted by molar-refractivity contribution is 5.82. The number of benzene rings is 2. The topological polar surface area (TPSA) is 64.3 Å². The number of ether oxygens (including phenoxy) is 1. The van der Waals surface area contributed by atoms with Crippen LogP contribution in [0.4, 0.5) is 0 Å². The Kier molecular flexibility index (Phi) is 6.13. The van der Waals surface area contributed by atoms with E-state index in [9.17, 15) is 4.79 Å². The first-order valence-electron chi connectivity index (χ1n) is 7.45. The molecule has 0 saturated heterocycles. The molecule has 0 radical (unpaired) electrons. The Bertz CT molecular complexity index is 599. The number of hydrogen-bond donors (Lipinski definition) is 2. The maximum atomic E-state index is 12.2. The molecule has 3 N–H and O–H groups in total. The van der Waals surface area contributed by atoms with E-state index >= 15 is 0 Å². The van der Waals surface area contributed by atoms with Crippen LogP contribution in [0.25, 0.3) is 0 Å². The van der Waals surface area contributed by atoms with E-state index in [4.69, 9.17) is 10.5 Å². The fraction of sp³-hybridized carbons (Fsp3) is 0.278. The molecule has 1 unspecified atom stereocenters. The van der Waals surface area contributed by atoms with E-state index in [-0.39, 0.29) is 5.91 Å². The van der Waals surface area contributed by atoms with Gasteiger partial charge in [0.15, 0.2) is 0 Å². The predicted molar refractivity (Wildman–Crippen MR) is 87.0 cm³/mol. The molecular weight excluding hydrogens is 276 g/mol. The lowest BCUT2D eigenvalue weighted by molar-refractivity contribution is -0.122. The Morgan fingerprint density at radius 1 is 1.09 bits per heavy atom. The molecule has 0 spiro atoms. The molecule has 0 aliphatic carbocycles. The van der Waals surface area contributed by atoms with Gasteiger partial charge in [-0.25, -0.2) is 0 Å². The highest BCUT2D eigenvalue weighted by atomic mass is 16.5. The maximum absolute atomic E-state index is 12.2. The Hall–Kier alpha value is -2.17. The Morgan fingerprint density at radius 3 is 2.41 bits per heavy atom. The van der Waals surface area contributed by atoms with Crippen LogP contribution >= 0.6 is 0 Å². The number of hydrogen-bond acceptors (Lipinski definition) is 3. The summed E-state index contributed by atoms with van der Waals surface area (Å²) in [6, 6.07) is 16.6. The Morgan fingerprint density at radius 2 is 1.73 bits per heavy atom. The molecule has 0 aliphatic heterocycles. The van der Waals surface area contributed by atoms with Crippen molar-refractivity contribution >= 4 is 5.91 Å². The monoisotopic (exact) mass is 298 g/mol. The summed E-state index contributed by atoms with van der Waals surface area (Å²) in [5, 5.41) is 2.89. The highest BCUT2D eigenvalue weighted by Crippen LogP contribution is 2.12. The van der Waals surface area contributed by atoms with E-state index in [0.717, 1.165) is 16.7 Å². The fourth-order valence-corrected chi connectivity index (χ4v) is 2.19. The second-order valence-electron chi connectivity index (χ2n) is 5.01. The summed E-state index contributed by atoms with van der Waals surface area (Å²) in [6.07, 6.45) is 0. The molecule has 0 heterocycles. The number of nitrogens with one attached hydrogen (secondary N) is 1. The molecule has 4 nitrogen and oxygen atoms in total. The van der Waals surface area contributed by atoms with Crippen LogP contribution in [0.5, 0.6) is 0 Å². The van der Waals surface area contributed by atoms with Gasteiger partial charge >= 0.3 is 0 Å². The van der Waals surface area contributed by atoms with Crippen LogP contribution in [0.3, 0.4) is 0 Å². The van der Waals surface area contributed by atoms with Crippen LogP contribution in [-0.2, 0) is 22.7 Å². The molecule has 2 aromatic carbocycles. The molecule has 0 aromatic heterocycles. The number of amides is 1. The molecule has 2 rings (SSSR count). The van der Waals surface area contributed by atoms with Gasteiger partial charge in [-0.15, -0.1) is 0 Å². The van der Waals surface area contributed by atoms with E-state index in [0.29, 0.717) is 19.8 Å². The average molecular weight is 298 g/mol. The van der Waals surface area contributed by atoms with Gasteiger partial charge in [0.1, 0.15) is 6.04 Å². The maximum Gasteiger partial charge on any atom is 0.241 e. The lowest BCUT2D eigenvalue weighted by Crippen LogP contribution is -2.33. The third-order valence-electron chi connectivity index (χ3n) is 3.47. The molecule has 0 aliphatic rings. The van der Waals surface area contributed by atoms with Crippen molar-refractivity contribution in [3.63, 3.8) is 0 Å². The molecule has 0 saturated carbocycles. The van der Waals surface area contributed by atoms with Crippen molar-refractivity contribution in [2.75, 3.05) is 6.61 Å². The standard InChI is InChI=1S/C18H22N2O2/c1-2-22-13-16-11-7-6-10-15(16)12-20-18(21)17(19)14-8-4-3-5-9-14/h3-11,17H,2,12-13,19H2,1H3,(H,20,21). The van der Waals surface area contributed by atoms with Crippen LogP contribution in [0.1, 0.15) is 29.7 Å². The van der Waals surface area contributed by atoms with Crippen LogP contribution in [-0.4, -0.2) is 12.5 Å². The minimum Gasteiger partial charge on any atom is -0.377 e. The van der Waals surface area contributed by atoms with Gasteiger partial charge in [-0.2, -0.15) is 0 Å². The second kappa shape index (κ2) is 8.32. The zero-order valence-electron chi connectivity index (χ0n) is 12.8. The van der Waals surface area contributed by atoms with E-state index in [1.165, 1.54) is 0 Å². The normalized spacial score (nSPS) is 11.9. The molecule has 0 fully saturated rings. The SMILES string of the molecule is CCOCc1ccccc1CNC(=O)C(N)c1ccccc1. The molecule has 2 aromatic rings. The lowest BCUT2D eigenvalue weighted by atomic mass is 10.1. The number of nitrogens with two attached hydrogens (primary N) is 1. The minimum absolute atomic E-state index is 0.183. The zero-order valence-corrected chi connectivity index (χ0v) is 12.8. The molecule has 4 heteroatoms. The first-order chi connectivity index (χ1) is 10.7. The first-order valence-corrected chi connectivity index (χ1v) is 7.45. The molecule has 1 amide bonds. The summed E-state index contributed by atoms with van der Waals surface area (Å²) < 4.78 is 5.45. The van der Waals surface area contributed by atoms with Crippen molar-refractivity contribution in [3.8, 4) is 0 Å². The Labute approximate surface area is 131 Å². The number of carbonyl (C=O) groups is 1. The van der Waals surface area contributed by atoms with Gasteiger partial charge < -0.3 is 15.8 Å². The lowest BCUT2D eigenvalue weighted by Gasteiger charge is -2.14. The van der Waals surface area contributed by atoms with E-state index < -0.39 is 6.04 Å². The second-order valence-corrected chi connectivity index (χ2v) is 5.01. The van der Waals surface area contributed by atoms with Gasteiger partial charge in [-0.05, 0) is 23.6 Å². The van der Waals surface area contributed by atoms with Crippen LogP contribution in [0.15, 0.2) is 54.6 Å². The van der Waals surface area contributed by atoms with Crippen LogP contribution in [0, 0.1) is 0 Å². The van der Waals surface area contributed by atoms with E-state index in [2.05, 4.69) is 5.32 Å². The summed E-state index contributed by atoms with van der Waals surface area (Å²) in [7, 11) is 0. The zero-order chi connectivity index (χ0) is 15.8. The van der Waals surface area contributed by atoms with Gasteiger partial charge in [0.2, 0.25) is 5.91 Å². The van der Waals surface area contributed by atoms with Crippen molar-refractivity contribution < 1.29 is 9.53 Å². The molecule has 0 bridgehead atoms.